The molecule has 2 aromatic rings. The summed E-state index contributed by atoms with van der Waals surface area (Å²) in [6.45, 7) is 1.41. The lowest BCUT2D eigenvalue weighted by Gasteiger charge is -2.51. The van der Waals surface area contributed by atoms with E-state index in [-0.39, 0.29) is 31.7 Å². The third-order valence-electron chi connectivity index (χ3n) is 6.41. The molecule has 1 N–H and O–H groups in total. The van der Waals surface area contributed by atoms with Crippen LogP contribution in [-0.2, 0) is 41.7 Å². The number of amides is 2. The zero-order valence-electron chi connectivity index (χ0n) is 22.0. The number of nitrogens with zero attached hydrogens (tertiary/aromatic N) is 3. The fourth-order valence-electron chi connectivity index (χ4n) is 4.36. The van der Waals surface area contributed by atoms with Gasteiger partial charge < -0.3 is 19.7 Å². The molecule has 2 aromatic carbocycles. The van der Waals surface area contributed by atoms with Crippen LogP contribution in [0, 0.1) is 21.4 Å². The van der Waals surface area contributed by atoms with Crippen molar-refractivity contribution in [2.24, 2.45) is 0 Å². The average Bonchev–Trinajstić information content (AvgIpc) is 2.97. The van der Waals surface area contributed by atoms with Crippen molar-refractivity contribution >= 4 is 41.2 Å². The van der Waals surface area contributed by atoms with E-state index in [0.717, 1.165) is 0 Å². The van der Waals surface area contributed by atoms with Gasteiger partial charge in [-0.25, -0.2) is 4.79 Å². The molecule has 0 spiro atoms. The number of hydrogen-bond donors (Lipinski definition) is 1. The van der Waals surface area contributed by atoms with Crippen molar-refractivity contribution in [2.75, 3.05) is 6.61 Å². The topological polar surface area (TPSA) is 169 Å². The van der Waals surface area contributed by atoms with Crippen molar-refractivity contribution in [2.45, 2.75) is 50.3 Å². The van der Waals surface area contributed by atoms with E-state index in [1.54, 1.807) is 29.7 Å². The molecule has 0 aliphatic carbocycles. The predicted octanol–water partition coefficient (Wildman–Crippen LogP) is 2.75. The number of esters is 2. The molecular weight excluding hydrogens is 552 g/mol. The number of nitro groups is 1. The molecule has 2 heterocycles. The monoisotopic (exact) mass is 578 g/mol. The highest BCUT2D eigenvalue weighted by molar-refractivity contribution is 8.03. The maximum atomic E-state index is 13.3. The number of non-ortho nitro benzene ring substituents is 1. The minimum Gasteiger partial charge on any atom is -0.461 e. The summed E-state index contributed by atoms with van der Waals surface area (Å²) < 4.78 is 10.8. The summed E-state index contributed by atoms with van der Waals surface area (Å²) in [5, 5.41) is 23.7. The molecule has 1 saturated heterocycles. The number of fused-ring (bicyclic) bond motifs is 1. The molecule has 1 fully saturated rings. The third-order valence-corrected chi connectivity index (χ3v) is 7.63. The summed E-state index contributed by atoms with van der Waals surface area (Å²) in [6.07, 6.45) is 0.750. The number of β-lactam (4-membered cyclic amide) rings is 1. The van der Waals surface area contributed by atoms with Gasteiger partial charge in [0.2, 0.25) is 11.8 Å². The molecule has 4 rings (SSSR count). The maximum Gasteiger partial charge on any atom is 0.333 e. The van der Waals surface area contributed by atoms with Crippen LogP contribution in [0.1, 0.15) is 36.5 Å². The molecule has 212 valence electrons. The van der Waals surface area contributed by atoms with Gasteiger partial charge >= 0.3 is 11.9 Å². The standard InChI is InChI=1S/C28H26N4O8S/c1-2-4-23(34)39-15-20-16-41-27-24(30-22(33)12-18-5-3-6-19(11-18)13-29)26(35)31(27)25(20)28(36)40-14-17-7-9-21(10-8-17)32(37)38/h3,5-11,16,24-25,27H,2,4,12,14-15H2,1H3,(H,30,33)/t24?,25?,27-/m0/s1. The molecule has 3 atom stereocenters. The second-order valence-electron chi connectivity index (χ2n) is 9.34. The molecule has 2 aliphatic heterocycles. The number of thioether (sulfide) groups is 1. The number of ether oxygens (including phenoxy) is 2. The number of benzene rings is 2. The van der Waals surface area contributed by atoms with E-state index >= 15 is 0 Å². The Bertz CT molecular complexity index is 1440. The molecule has 0 saturated carbocycles. The number of carbonyl (C=O) groups excluding carboxylic acids is 4. The Kier molecular flexibility index (Phi) is 9.36. The predicted molar refractivity (Wildman–Crippen MR) is 146 cm³/mol. The lowest BCUT2D eigenvalue weighted by atomic mass is 9.98. The summed E-state index contributed by atoms with van der Waals surface area (Å²) in [4.78, 5) is 62.8. The molecule has 12 nitrogen and oxygen atoms in total. The summed E-state index contributed by atoms with van der Waals surface area (Å²) in [6, 6.07) is 12.0. The summed E-state index contributed by atoms with van der Waals surface area (Å²) in [5.74, 6) is -2.12. The fraction of sp³-hybridized carbons (Fsp3) is 0.321. The Morgan fingerprint density at radius 1 is 1.12 bits per heavy atom. The molecular formula is C28H26N4O8S. The van der Waals surface area contributed by atoms with Gasteiger partial charge in [0.1, 0.15) is 24.6 Å². The van der Waals surface area contributed by atoms with Crippen LogP contribution in [0.2, 0.25) is 0 Å². The quantitative estimate of drug-likeness (QED) is 0.181. The molecule has 2 unspecified atom stereocenters. The van der Waals surface area contributed by atoms with Crippen LogP contribution >= 0.6 is 11.8 Å². The Balaban J connectivity index is 1.45. The zero-order valence-corrected chi connectivity index (χ0v) is 22.8. The van der Waals surface area contributed by atoms with Crippen molar-refractivity contribution in [3.05, 3.63) is 86.3 Å². The second kappa shape index (κ2) is 13.1. The number of hydrogen-bond acceptors (Lipinski definition) is 10. The first-order valence-electron chi connectivity index (χ1n) is 12.7. The summed E-state index contributed by atoms with van der Waals surface area (Å²) in [5.41, 5.74) is 1.78. The first kappa shape index (κ1) is 29.3. The lowest BCUT2D eigenvalue weighted by molar-refractivity contribution is -0.384. The minimum atomic E-state index is -1.18. The molecule has 41 heavy (non-hydrogen) atoms. The van der Waals surface area contributed by atoms with Gasteiger partial charge in [-0.05, 0) is 47.2 Å². The molecule has 0 aromatic heterocycles. The van der Waals surface area contributed by atoms with E-state index in [2.05, 4.69) is 5.32 Å². The van der Waals surface area contributed by atoms with Crippen molar-refractivity contribution < 1.29 is 33.6 Å². The number of carbonyl (C=O) groups is 4. The first-order chi connectivity index (χ1) is 19.7. The number of nitrogens with one attached hydrogen (secondary N) is 1. The molecule has 0 radical (unpaired) electrons. The lowest BCUT2D eigenvalue weighted by Crippen LogP contribution is -2.74. The average molecular weight is 579 g/mol. The van der Waals surface area contributed by atoms with Gasteiger partial charge in [-0.15, -0.1) is 11.8 Å². The van der Waals surface area contributed by atoms with Crippen molar-refractivity contribution in [1.82, 2.24) is 10.2 Å². The Labute approximate surface area is 239 Å². The van der Waals surface area contributed by atoms with E-state index < -0.39 is 46.1 Å². The van der Waals surface area contributed by atoms with Gasteiger partial charge in [0.25, 0.3) is 5.69 Å². The Hall–Kier alpha value is -4.70. The van der Waals surface area contributed by atoms with Gasteiger partial charge in [-0.2, -0.15) is 5.26 Å². The Morgan fingerprint density at radius 2 is 1.88 bits per heavy atom. The van der Waals surface area contributed by atoms with Crippen molar-refractivity contribution in [3.63, 3.8) is 0 Å². The van der Waals surface area contributed by atoms with Gasteiger partial charge in [-0.3, -0.25) is 24.5 Å². The highest BCUT2D eigenvalue weighted by Crippen LogP contribution is 2.40. The van der Waals surface area contributed by atoms with Gasteiger partial charge in [0, 0.05) is 24.1 Å². The molecule has 2 aliphatic rings. The smallest absolute Gasteiger partial charge is 0.333 e. The largest absolute Gasteiger partial charge is 0.461 e. The fourth-order valence-corrected chi connectivity index (χ4v) is 5.57. The van der Waals surface area contributed by atoms with Crippen molar-refractivity contribution in [3.8, 4) is 6.07 Å². The van der Waals surface area contributed by atoms with Crippen LogP contribution in [-0.4, -0.2) is 57.6 Å². The number of rotatable bonds is 11. The van der Waals surface area contributed by atoms with Crippen LogP contribution in [0.4, 0.5) is 5.69 Å². The maximum absolute atomic E-state index is 13.3. The Morgan fingerprint density at radius 3 is 2.56 bits per heavy atom. The normalized spacial score (nSPS) is 19.1. The van der Waals surface area contributed by atoms with E-state index in [1.807, 2.05) is 13.0 Å². The van der Waals surface area contributed by atoms with E-state index in [1.165, 1.54) is 40.9 Å². The molecule has 13 heteroatoms. The summed E-state index contributed by atoms with van der Waals surface area (Å²) >= 11 is 1.21. The minimum absolute atomic E-state index is 0.0358. The highest BCUT2D eigenvalue weighted by atomic mass is 32.2. The van der Waals surface area contributed by atoms with Gasteiger partial charge in [0.15, 0.2) is 6.04 Å². The first-order valence-corrected chi connectivity index (χ1v) is 13.7. The van der Waals surface area contributed by atoms with Crippen molar-refractivity contribution in [1.29, 1.82) is 5.26 Å². The van der Waals surface area contributed by atoms with E-state index in [9.17, 15) is 29.3 Å². The van der Waals surface area contributed by atoms with Crippen LogP contribution in [0.15, 0.2) is 59.5 Å². The number of nitriles is 1. The zero-order chi connectivity index (χ0) is 29.5. The number of nitro benzene ring substituents is 1. The van der Waals surface area contributed by atoms with Crippen LogP contribution in [0.5, 0.6) is 0 Å². The third kappa shape index (κ3) is 6.90. The SMILES string of the molecule is CCCC(=O)OCC1=CS[C@H]2C(NC(=O)Cc3cccc(C#N)c3)C(=O)N2C1C(=O)OCc1ccc([N+](=O)[O-])cc1. The molecule has 2 amide bonds. The van der Waals surface area contributed by atoms with E-state index in [4.69, 9.17) is 14.7 Å². The van der Waals surface area contributed by atoms with Gasteiger partial charge in [-0.1, -0.05) is 19.1 Å². The summed E-state index contributed by atoms with van der Waals surface area (Å²) in [7, 11) is 0. The highest BCUT2D eigenvalue weighted by Gasteiger charge is 2.56. The van der Waals surface area contributed by atoms with Crippen LogP contribution in [0.25, 0.3) is 0 Å². The van der Waals surface area contributed by atoms with Crippen LogP contribution in [0.3, 0.4) is 0 Å². The second-order valence-corrected chi connectivity index (χ2v) is 10.3. The van der Waals surface area contributed by atoms with Gasteiger partial charge in [0.05, 0.1) is 23.0 Å². The van der Waals surface area contributed by atoms with Crippen LogP contribution < -0.4 is 5.32 Å². The molecule has 0 bridgehead atoms. The van der Waals surface area contributed by atoms with E-state index in [0.29, 0.717) is 28.7 Å².